The van der Waals surface area contributed by atoms with Gasteiger partial charge in [-0.25, -0.2) is 13.4 Å². The Labute approximate surface area is 193 Å². The van der Waals surface area contributed by atoms with Crippen molar-refractivity contribution in [2.45, 2.75) is 18.2 Å². The van der Waals surface area contributed by atoms with E-state index in [1.165, 1.54) is 4.31 Å². The van der Waals surface area contributed by atoms with Gasteiger partial charge >= 0.3 is 0 Å². The van der Waals surface area contributed by atoms with Crippen LogP contribution in [0.4, 0.5) is 5.13 Å². The van der Waals surface area contributed by atoms with E-state index in [2.05, 4.69) is 21.5 Å². The summed E-state index contributed by atoms with van der Waals surface area (Å²) in [6.07, 6.45) is 0.729. The number of piperazine rings is 1. The molecule has 8 nitrogen and oxygen atoms in total. The Morgan fingerprint density at radius 3 is 2.70 bits per heavy atom. The Morgan fingerprint density at radius 1 is 1.27 bits per heavy atom. The molecule has 30 heavy (non-hydrogen) atoms. The topological polar surface area (TPSA) is 88.8 Å². The zero-order chi connectivity index (χ0) is 21.3. The highest BCUT2D eigenvalue weighted by atomic mass is 127. The molecule has 11 heteroatoms. The molecule has 0 radical (unpaired) electrons. The monoisotopic (exact) mass is 560 g/mol. The van der Waals surface area contributed by atoms with Crippen molar-refractivity contribution < 1.29 is 17.7 Å². The maximum absolute atomic E-state index is 13.0. The van der Waals surface area contributed by atoms with E-state index in [1.54, 1.807) is 25.4 Å². The minimum Gasteiger partial charge on any atom is -0.497 e. The molecule has 2 aromatic heterocycles. The fraction of sp³-hybridized carbons (Fsp3) is 0.368. The first-order valence-electron chi connectivity index (χ1n) is 9.32. The van der Waals surface area contributed by atoms with Crippen molar-refractivity contribution in [3.8, 4) is 5.75 Å². The molecule has 1 saturated heterocycles. The number of rotatable bonds is 6. The van der Waals surface area contributed by atoms with Crippen LogP contribution < -0.4 is 9.64 Å². The van der Waals surface area contributed by atoms with Crippen LogP contribution in [0.2, 0.25) is 0 Å². The number of benzene rings is 1. The lowest BCUT2D eigenvalue weighted by atomic mass is 10.1. The summed E-state index contributed by atoms with van der Waals surface area (Å²) < 4.78 is 38.1. The molecule has 3 heterocycles. The van der Waals surface area contributed by atoms with Crippen LogP contribution in [0.5, 0.6) is 5.75 Å². The molecular weight excluding hydrogens is 539 g/mol. The molecule has 160 valence electrons. The van der Waals surface area contributed by atoms with Crippen molar-refractivity contribution in [1.29, 1.82) is 0 Å². The Kier molecular flexibility index (Phi) is 6.32. The van der Waals surface area contributed by atoms with Crippen molar-refractivity contribution in [2.24, 2.45) is 0 Å². The molecule has 0 bridgehead atoms. The van der Waals surface area contributed by atoms with E-state index in [0.29, 0.717) is 35.6 Å². The van der Waals surface area contributed by atoms with Gasteiger partial charge in [0.25, 0.3) is 0 Å². The van der Waals surface area contributed by atoms with Crippen LogP contribution >= 0.6 is 33.9 Å². The van der Waals surface area contributed by atoms with Crippen molar-refractivity contribution in [1.82, 2.24) is 14.4 Å². The summed E-state index contributed by atoms with van der Waals surface area (Å²) in [6.45, 7) is 3.60. The fourth-order valence-electron chi connectivity index (χ4n) is 3.39. The molecule has 4 rings (SSSR count). The van der Waals surface area contributed by atoms with Crippen LogP contribution in [0, 0.1) is 10.6 Å². The second-order valence-corrected chi connectivity index (χ2v) is 10.6. The van der Waals surface area contributed by atoms with Gasteiger partial charge in [-0.15, -0.1) is 11.3 Å². The third-order valence-corrected chi connectivity index (χ3v) is 9.03. The van der Waals surface area contributed by atoms with Crippen LogP contribution in [-0.2, 0) is 16.4 Å². The number of aromatic nitrogens is 2. The van der Waals surface area contributed by atoms with E-state index >= 15 is 0 Å². The smallest absolute Gasteiger partial charge is 0.249 e. The summed E-state index contributed by atoms with van der Waals surface area (Å²) in [5, 5.41) is 6.74. The molecule has 0 aliphatic carbocycles. The van der Waals surface area contributed by atoms with Crippen molar-refractivity contribution >= 4 is 49.1 Å². The standard InChI is InChI=1S/C19H21IN4O4S2/c1-13-17(18(20)22-28-13)30(25,26)24-8-6-23(7-9-24)19-21-15(12-29-19)10-14-4-3-5-16(11-14)27-2/h3-5,11-12H,6-10H2,1-2H3. The van der Waals surface area contributed by atoms with Crippen LogP contribution in [0.3, 0.4) is 0 Å². The normalized spacial score (nSPS) is 15.5. The molecule has 1 fully saturated rings. The SMILES string of the molecule is COc1cccc(Cc2csc(N3CCN(S(=O)(=O)c4c(I)noc4C)CC3)n2)c1. The second-order valence-electron chi connectivity index (χ2n) is 6.90. The van der Waals surface area contributed by atoms with Crippen LogP contribution in [0.15, 0.2) is 39.1 Å². The van der Waals surface area contributed by atoms with E-state index in [9.17, 15) is 8.42 Å². The van der Waals surface area contributed by atoms with E-state index in [0.717, 1.165) is 28.6 Å². The number of anilines is 1. The number of aryl methyl sites for hydroxylation is 1. The number of hydrogen-bond donors (Lipinski definition) is 0. The number of ether oxygens (including phenoxy) is 1. The first-order valence-corrected chi connectivity index (χ1v) is 12.7. The van der Waals surface area contributed by atoms with E-state index < -0.39 is 10.0 Å². The Hall–Kier alpha value is -1.70. The van der Waals surface area contributed by atoms with Crippen molar-refractivity contribution in [2.75, 3.05) is 38.2 Å². The van der Waals surface area contributed by atoms with Gasteiger partial charge in [-0.05, 0) is 47.2 Å². The van der Waals surface area contributed by atoms with Gasteiger partial charge in [-0.3, -0.25) is 0 Å². The van der Waals surface area contributed by atoms with Crippen LogP contribution in [0.25, 0.3) is 0 Å². The van der Waals surface area contributed by atoms with Crippen LogP contribution in [-0.4, -0.2) is 56.2 Å². The molecule has 0 saturated carbocycles. The Morgan fingerprint density at radius 2 is 2.03 bits per heavy atom. The molecule has 0 N–H and O–H groups in total. The van der Waals surface area contributed by atoms with Crippen LogP contribution in [0.1, 0.15) is 17.0 Å². The quantitative estimate of drug-likeness (QED) is 0.428. The average Bonchev–Trinajstić information content (AvgIpc) is 3.34. The number of methoxy groups -OCH3 is 1. The van der Waals surface area contributed by atoms with Crippen molar-refractivity contribution in [3.05, 3.63) is 50.4 Å². The lowest BCUT2D eigenvalue weighted by molar-refractivity contribution is 0.378. The highest BCUT2D eigenvalue weighted by Crippen LogP contribution is 2.28. The third kappa shape index (κ3) is 4.34. The molecule has 0 spiro atoms. The first-order chi connectivity index (χ1) is 14.4. The summed E-state index contributed by atoms with van der Waals surface area (Å²) in [5.41, 5.74) is 2.13. The van der Waals surface area contributed by atoms with Gasteiger partial charge in [0.15, 0.2) is 19.5 Å². The van der Waals surface area contributed by atoms with Gasteiger partial charge in [0, 0.05) is 38.0 Å². The molecule has 0 unspecified atom stereocenters. The molecular formula is C19H21IN4O4S2. The van der Waals surface area contributed by atoms with E-state index in [1.807, 2.05) is 40.8 Å². The summed E-state index contributed by atoms with van der Waals surface area (Å²) >= 11 is 3.48. The average molecular weight is 560 g/mol. The zero-order valence-corrected chi connectivity index (χ0v) is 20.3. The summed E-state index contributed by atoms with van der Waals surface area (Å²) in [5.74, 6) is 1.15. The highest BCUT2D eigenvalue weighted by Gasteiger charge is 2.34. The van der Waals surface area contributed by atoms with Gasteiger partial charge in [0.2, 0.25) is 10.0 Å². The number of halogens is 1. The number of thiazole rings is 1. The predicted molar refractivity (Wildman–Crippen MR) is 123 cm³/mol. The first kappa shape index (κ1) is 21.5. The number of sulfonamides is 1. The maximum Gasteiger partial charge on any atom is 0.249 e. The van der Waals surface area contributed by atoms with E-state index in [-0.39, 0.29) is 4.90 Å². The fourth-order valence-corrected chi connectivity index (χ4v) is 7.13. The number of hydrogen-bond acceptors (Lipinski definition) is 8. The van der Waals surface area contributed by atoms with Gasteiger partial charge in [0.1, 0.15) is 5.75 Å². The number of nitrogens with zero attached hydrogens (tertiary/aromatic N) is 4. The summed E-state index contributed by atoms with van der Waals surface area (Å²) in [4.78, 5) is 7.07. The molecule has 0 atom stereocenters. The van der Waals surface area contributed by atoms with E-state index in [4.69, 9.17) is 14.2 Å². The largest absolute Gasteiger partial charge is 0.497 e. The predicted octanol–water partition coefficient (Wildman–Crippen LogP) is 3.15. The zero-order valence-electron chi connectivity index (χ0n) is 16.5. The molecule has 1 aliphatic rings. The van der Waals surface area contributed by atoms with Gasteiger partial charge in [-0.2, -0.15) is 4.31 Å². The van der Waals surface area contributed by atoms with Gasteiger partial charge in [-0.1, -0.05) is 17.3 Å². The molecule has 1 aliphatic heterocycles. The van der Waals surface area contributed by atoms with Gasteiger partial charge in [0.05, 0.1) is 12.8 Å². The maximum atomic E-state index is 13.0. The lowest BCUT2D eigenvalue weighted by Crippen LogP contribution is -2.48. The second kappa shape index (κ2) is 8.81. The lowest BCUT2D eigenvalue weighted by Gasteiger charge is -2.33. The summed E-state index contributed by atoms with van der Waals surface area (Å²) in [7, 11) is -1.96. The molecule has 0 amide bonds. The molecule has 3 aromatic rings. The Bertz CT molecular complexity index is 1120. The third-order valence-electron chi connectivity index (χ3n) is 4.94. The minimum absolute atomic E-state index is 0.173. The molecule has 1 aromatic carbocycles. The van der Waals surface area contributed by atoms with Crippen molar-refractivity contribution in [3.63, 3.8) is 0 Å². The minimum atomic E-state index is -3.61. The highest BCUT2D eigenvalue weighted by molar-refractivity contribution is 14.1. The van der Waals surface area contributed by atoms with Gasteiger partial charge < -0.3 is 14.2 Å². The Balaban J connectivity index is 1.41. The summed E-state index contributed by atoms with van der Waals surface area (Å²) in [6, 6.07) is 7.96.